The average molecular weight is 212 g/mol. The van der Waals surface area contributed by atoms with Crippen LogP contribution in [0.2, 0.25) is 0 Å². The topological polar surface area (TPSA) is 40.5 Å². The third-order valence-electron chi connectivity index (χ3n) is 2.14. The summed E-state index contributed by atoms with van der Waals surface area (Å²) in [6.45, 7) is 3.09. The smallest absolute Gasteiger partial charge is 0.304 e. The largest absolute Gasteiger partial charge is 0.481 e. The first-order valence-corrected chi connectivity index (χ1v) is 4.13. The molecule has 0 radical (unpaired) electrons. The van der Waals surface area contributed by atoms with Crippen LogP contribution in [0.15, 0.2) is 0 Å². The lowest BCUT2D eigenvalue weighted by Gasteiger charge is -2.15. The van der Waals surface area contributed by atoms with Crippen molar-refractivity contribution in [2.45, 2.75) is 25.4 Å². The maximum Gasteiger partial charge on any atom is 0.304 e. The van der Waals surface area contributed by atoms with Gasteiger partial charge < -0.3 is 5.11 Å². The molecule has 0 aliphatic carbocycles. The number of nitrogens with zero attached hydrogens (tertiary/aromatic N) is 1. The normalized spacial score (nSPS) is 28.5. The minimum atomic E-state index is -1.11. The molecule has 5 heteroatoms. The van der Waals surface area contributed by atoms with Crippen LogP contribution in [-0.4, -0.2) is 41.3 Å². The summed E-state index contributed by atoms with van der Waals surface area (Å²) in [4.78, 5) is 12.1. The second-order valence-electron chi connectivity index (χ2n) is 3.58. The Balaban J connectivity index is 0.00000144. The molecule has 78 valence electrons. The SMILES string of the molecule is CC1(F)CCN(CCC(=O)O)C1.Cl. The molecular weight excluding hydrogens is 197 g/mol. The first kappa shape index (κ1) is 12.7. The van der Waals surface area contributed by atoms with E-state index in [2.05, 4.69) is 0 Å². The zero-order valence-corrected chi connectivity index (χ0v) is 8.44. The van der Waals surface area contributed by atoms with Gasteiger partial charge in [0.2, 0.25) is 0 Å². The summed E-state index contributed by atoms with van der Waals surface area (Å²) in [6.07, 6.45) is 0.628. The number of likely N-dealkylation sites (tertiary alicyclic amines) is 1. The monoisotopic (exact) mass is 211 g/mol. The molecule has 1 atom stereocenters. The van der Waals surface area contributed by atoms with Crippen molar-refractivity contribution in [2.75, 3.05) is 19.6 Å². The van der Waals surface area contributed by atoms with Crippen molar-refractivity contribution >= 4 is 18.4 Å². The van der Waals surface area contributed by atoms with Gasteiger partial charge in [0, 0.05) is 19.6 Å². The van der Waals surface area contributed by atoms with Gasteiger partial charge in [0.25, 0.3) is 0 Å². The van der Waals surface area contributed by atoms with Crippen LogP contribution in [0.25, 0.3) is 0 Å². The Hall–Kier alpha value is -0.350. The summed E-state index contributed by atoms with van der Waals surface area (Å²) < 4.78 is 13.2. The summed E-state index contributed by atoms with van der Waals surface area (Å²) >= 11 is 0. The summed E-state index contributed by atoms with van der Waals surface area (Å²) in [6, 6.07) is 0. The third-order valence-corrected chi connectivity index (χ3v) is 2.14. The number of hydrogen-bond donors (Lipinski definition) is 1. The van der Waals surface area contributed by atoms with E-state index >= 15 is 0 Å². The number of carbonyl (C=O) groups is 1. The molecule has 1 aliphatic heterocycles. The number of alkyl halides is 1. The first-order chi connectivity index (χ1) is 5.49. The molecular formula is C8H15ClFNO2. The Morgan fingerprint density at radius 3 is 2.69 bits per heavy atom. The number of halogens is 2. The predicted octanol–water partition coefficient (Wildman–Crippen LogP) is 1.32. The van der Waals surface area contributed by atoms with Gasteiger partial charge in [-0.15, -0.1) is 12.4 Å². The van der Waals surface area contributed by atoms with Crippen molar-refractivity contribution in [3.05, 3.63) is 0 Å². The molecule has 0 spiro atoms. The molecule has 1 fully saturated rings. The van der Waals surface area contributed by atoms with Crippen molar-refractivity contribution < 1.29 is 14.3 Å². The number of rotatable bonds is 3. The predicted molar refractivity (Wildman–Crippen MR) is 50.1 cm³/mol. The lowest BCUT2D eigenvalue weighted by atomic mass is 10.1. The molecule has 13 heavy (non-hydrogen) atoms. The van der Waals surface area contributed by atoms with Crippen molar-refractivity contribution in [3.8, 4) is 0 Å². The third kappa shape index (κ3) is 4.43. The van der Waals surface area contributed by atoms with Crippen LogP contribution in [0.1, 0.15) is 19.8 Å². The van der Waals surface area contributed by atoms with E-state index < -0.39 is 11.6 Å². The lowest BCUT2D eigenvalue weighted by Crippen LogP contribution is -2.28. The zero-order chi connectivity index (χ0) is 9.19. The molecule has 0 saturated carbocycles. The van der Waals surface area contributed by atoms with E-state index in [4.69, 9.17) is 5.11 Å². The highest BCUT2D eigenvalue weighted by molar-refractivity contribution is 5.85. The van der Waals surface area contributed by atoms with E-state index in [0.29, 0.717) is 26.1 Å². The van der Waals surface area contributed by atoms with Gasteiger partial charge in [-0.2, -0.15) is 0 Å². The highest BCUT2D eigenvalue weighted by atomic mass is 35.5. The van der Waals surface area contributed by atoms with E-state index in [9.17, 15) is 9.18 Å². The summed E-state index contributed by atoms with van der Waals surface area (Å²) in [5, 5.41) is 8.38. The summed E-state index contributed by atoms with van der Waals surface area (Å²) in [7, 11) is 0. The van der Waals surface area contributed by atoms with Gasteiger partial charge in [0.15, 0.2) is 0 Å². The summed E-state index contributed by atoms with van der Waals surface area (Å²) in [5.74, 6) is -0.817. The lowest BCUT2D eigenvalue weighted by molar-refractivity contribution is -0.137. The molecule has 1 heterocycles. The van der Waals surface area contributed by atoms with Crippen molar-refractivity contribution in [1.29, 1.82) is 0 Å². The molecule has 1 saturated heterocycles. The molecule has 1 N–H and O–H groups in total. The van der Waals surface area contributed by atoms with E-state index in [1.54, 1.807) is 6.92 Å². The molecule has 0 bridgehead atoms. The van der Waals surface area contributed by atoms with E-state index in [1.807, 2.05) is 4.90 Å². The van der Waals surface area contributed by atoms with Gasteiger partial charge in [-0.05, 0) is 13.3 Å². The van der Waals surface area contributed by atoms with Crippen LogP contribution in [-0.2, 0) is 4.79 Å². The van der Waals surface area contributed by atoms with Crippen molar-refractivity contribution in [2.24, 2.45) is 0 Å². The number of hydrogen-bond acceptors (Lipinski definition) is 2. The highest BCUT2D eigenvalue weighted by Crippen LogP contribution is 2.24. The van der Waals surface area contributed by atoms with Gasteiger partial charge >= 0.3 is 5.97 Å². The van der Waals surface area contributed by atoms with E-state index in [1.165, 1.54) is 0 Å². The van der Waals surface area contributed by atoms with Crippen LogP contribution < -0.4 is 0 Å². The van der Waals surface area contributed by atoms with Crippen LogP contribution in [0.4, 0.5) is 4.39 Å². The average Bonchev–Trinajstić information content (AvgIpc) is 2.26. The zero-order valence-electron chi connectivity index (χ0n) is 7.62. The van der Waals surface area contributed by atoms with Crippen LogP contribution in [0, 0.1) is 0 Å². The maximum absolute atomic E-state index is 13.2. The van der Waals surface area contributed by atoms with Crippen LogP contribution in [0.3, 0.4) is 0 Å². The highest BCUT2D eigenvalue weighted by Gasteiger charge is 2.33. The van der Waals surface area contributed by atoms with Gasteiger partial charge in [0.05, 0.1) is 6.42 Å². The Bertz CT molecular complexity index is 187. The molecule has 1 aliphatic rings. The summed E-state index contributed by atoms with van der Waals surface area (Å²) in [5.41, 5.74) is -1.11. The second kappa shape index (κ2) is 4.77. The Morgan fingerprint density at radius 1 is 1.69 bits per heavy atom. The van der Waals surface area contributed by atoms with Gasteiger partial charge in [0.1, 0.15) is 5.67 Å². The van der Waals surface area contributed by atoms with Gasteiger partial charge in [-0.3, -0.25) is 9.69 Å². The number of carboxylic acid groups (broad SMARTS) is 1. The van der Waals surface area contributed by atoms with E-state index in [0.717, 1.165) is 0 Å². The van der Waals surface area contributed by atoms with E-state index in [-0.39, 0.29) is 18.8 Å². The molecule has 0 aromatic carbocycles. The van der Waals surface area contributed by atoms with Crippen LogP contribution >= 0.6 is 12.4 Å². The van der Waals surface area contributed by atoms with Crippen molar-refractivity contribution in [1.82, 2.24) is 4.90 Å². The fourth-order valence-corrected chi connectivity index (χ4v) is 1.46. The minimum absolute atomic E-state index is 0. The molecule has 3 nitrogen and oxygen atoms in total. The quantitative estimate of drug-likeness (QED) is 0.766. The molecule has 0 amide bonds. The number of aliphatic carboxylic acids is 1. The Kier molecular flexibility index (Phi) is 4.64. The van der Waals surface area contributed by atoms with Gasteiger partial charge in [-0.25, -0.2) is 4.39 Å². The Morgan fingerprint density at radius 2 is 2.31 bits per heavy atom. The van der Waals surface area contributed by atoms with Gasteiger partial charge in [-0.1, -0.05) is 0 Å². The minimum Gasteiger partial charge on any atom is -0.481 e. The van der Waals surface area contributed by atoms with Crippen molar-refractivity contribution in [3.63, 3.8) is 0 Å². The first-order valence-electron chi connectivity index (χ1n) is 4.13. The number of carboxylic acids is 1. The molecule has 1 unspecified atom stereocenters. The van der Waals surface area contributed by atoms with Crippen LogP contribution in [0.5, 0.6) is 0 Å². The molecule has 0 aromatic rings. The fourth-order valence-electron chi connectivity index (χ4n) is 1.46. The second-order valence-corrected chi connectivity index (χ2v) is 3.58. The fraction of sp³-hybridized carbons (Fsp3) is 0.875. The Labute approximate surface area is 83.3 Å². The standard InChI is InChI=1S/C8H14FNO2.ClH/c1-8(9)3-5-10(6-8)4-2-7(11)12;/h2-6H2,1H3,(H,11,12);1H. The maximum atomic E-state index is 13.2. The molecule has 0 aromatic heterocycles. The molecule has 1 rings (SSSR count).